The molecule has 0 aliphatic carbocycles. The molecule has 0 saturated carbocycles. The van der Waals surface area contributed by atoms with Gasteiger partial charge in [-0.15, -0.1) is 0 Å². The predicted molar refractivity (Wildman–Crippen MR) is 99.4 cm³/mol. The van der Waals surface area contributed by atoms with E-state index < -0.39 is 5.60 Å². The summed E-state index contributed by atoms with van der Waals surface area (Å²) in [6, 6.07) is 5.82. The van der Waals surface area contributed by atoms with Crippen molar-refractivity contribution in [2.24, 2.45) is 0 Å². The zero-order chi connectivity index (χ0) is 18.0. The molecule has 6 nitrogen and oxygen atoms in total. The molecule has 130 valence electrons. The van der Waals surface area contributed by atoms with Crippen LogP contribution < -0.4 is 10.8 Å². The molecule has 0 bridgehead atoms. The molecule has 1 aliphatic rings. The van der Waals surface area contributed by atoms with Gasteiger partial charge in [0.1, 0.15) is 13.4 Å². The van der Waals surface area contributed by atoms with Gasteiger partial charge in [0.05, 0.1) is 5.52 Å². The van der Waals surface area contributed by atoms with Gasteiger partial charge in [0.15, 0.2) is 0 Å². The smallest absolute Gasteiger partial charge is 0.410 e. The second-order valence-electron chi connectivity index (χ2n) is 7.40. The van der Waals surface area contributed by atoms with Gasteiger partial charge in [-0.3, -0.25) is 0 Å². The third kappa shape index (κ3) is 4.62. The summed E-state index contributed by atoms with van der Waals surface area (Å²) in [5.74, 6) is 0.605. The number of piperidine rings is 1. The number of carbonyl (C=O) groups is 1. The molecular weight excluding hydrogens is 315 g/mol. The molecule has 1 aromatic carbocycles. The fraction of sp³-hybridized carbons (Fsp3) is 0.500. The lowest BCUT2D eigenvalue weighted by molar-refractivity contribution is 0.0210. The van der Waals surface area contributed by atoms with Gasteiger partial charge in [0, 0.05) is 30.7 Å². The van der Waals surface area contributed by atoms with Crippen molar-refractivity contribution in [3.63, 3.8) is 0 Å². The van der Waals surface area contributed by atoms with Crippen LogP contribution in [-0.4, -0.2) is 53.5 Å². The minimum atomic E-state index is -0.464. The summed E-state index contributed by atoms with van der Waals surface area (Å²) < 4.78 is 5.42. The third-order valence-electron chi connectivity index (χ3n) is 4.08. The van der Waals surface area contributed by atoms with Crippen LogP contribution in [0.4, 0.5) is 10.7 Å². The summed E-state index contributed by atoms with van der Waals surface area (Å²) in [7, 11) is 5.77. The van der Waals surface area contributed by atoms with Gasteiger partial charge < -0.3 is 15.0 Å². The van der Waals surface area contributed by atoms with Crippen LogP contribution in [0.5, 0.6) is 0 Å². The van der Waals surface area contributed by atoms with Crippen molar-refractivity contribution in [1.29, 1.82) is 0 Å². The zero-order valence-corrected chi connectivity index (χ0v) is 15.0. The number of ether oxygens (including phenoxy) is 1. The molecule has 1 aliphatic heterocycles. The number of aromatic nitrogens is 2. The van der Waals surface area contributed by atoms with E-state index in [0.717, 1.165) is 23.7 Å². The summed E-state index contributed by atoms with van der Waals surface area (Å²) in [6.07, 6.45) is 3.20. The zero-order valence-electron chi connectivity index (χ0n) is 15.0. The van der Waals surface area contributed by atoms with E-state index in [0.29, 0.717) is 24.5 Å². The highest BCUT2D eigenvalue weighted by Crippen LogP contribution is 2.18. The van der Waals surface area contributed by atoms with Crippen LogP contribution in [0.1, 0.15) is 33.6 Å². The van der Waals surface area contributed by atoms with Gasteiger partial charge in [-0.1, -0.05) is 17.6 Å². The lowest BCUT2D eigenvalue weighted by Gasteiger charge is -2.33. The van der Waals surface area contributed by atoms with E-state index >= 15 is 0 Å². The maximum atomic E-state index is 12.1. The van der Waals surface area contributed by atoms with Crippen molar-refractivity contribution < 1.29 is 9.53 Å². The Balaban J connectivity index is 1.57. The molecule has 3 rings (SSSR count). The summed E-state index contributed by atoms with van der Waals surface area (Å²) in [4.78, 5) is 22.8. The highest BCUT2D eigenvalue weighted by atomic mass is 16.6. The fourth-order valence-electron chi connectivity index (χ4n) is 2.84. The predicted octanol–water partition coefficient (Wildman–Crippen LogP) is 2.24. The second-order valence-corrected chi connectivity index (χ2v) is 7.40. The summed E-state index contributed by atoms with van der Waals surface area (Å²) in [5.41, 5.74) is 1.10. The normalized spacial score (nSPS) is 16.0. The first-order chi connectivity index (χ1) is 11.8. The Morgan fingerprint density at radius 1 is 1.32 bits per heavy atom. The largest absolute Gasteiger partial charge is 0.444 e. The standard InChI is InChI=1S/C18H23BN4O2/c1-18(2,3)25-17(24)23-8-6-14(7-9-23)21-16-20-11-12-10-13(19)4-5-15(12)22-16/h4-5,10-11,14H,6-9H2,1-3H3,(H,20,21,22). The average molecular weight is 338 g/mol. The minimum absolute atomic E-state index is 0.241. The Kier molecular flexibility index (Phi) is 4.83. The highest BCUT2D eigenvalue weighted by molar-refractivity contribution is 6.33. The Hall–Kier alpha value is -2.31. The molecule has 2 radical (unpaired) electrons. The van der Waals surface area contributed by atoms with Crippen molar-refractivity contribution in [3.05, 3.63) is 24.4 Å². The van der Waals surface area contributed by atoms with Crippen molar-refractivity contribution in [2.45, 2.75) is 45.3 Å². The molecule has 2 heterocycles. The van der Waals surface area contributed by atoms with Crippen molar-refractivity contribution >= 4 is 36.3 Å². The molecule has 1 N–H and O–H groups in total. The number of likely N-dealkylation sites (tertiary alicyclic amines) is 1. The topological polar surface area (TPSA) is 67.4 Å². The Morgan fingerprint density at radius 2 is 2.04 bits per heavy atom. The van der Waals surface area contributed by atoms with E-state index in [1.165, 1.54) is 0 Å². The lowest BCUT2D eigenvalue weighted by atomic mass is 9.95. The first kappa shape index (κ1) is 17.5. The van der Waals surface area contributed by atoms with Crippen LogP contribution in [0, 0.1) is 0 Å². The van der Waals surface area contributed by atoms with Crippen molar-refractivity contribution in [1.82, 2.24) is 14.9 Å². The first-order valence-electron chi connectivity index (χ1n) is 8.57. The molecule has 1 amide bonds. The van der Waals surface area contributed by atoms with Crippen LogP contribution in [-0.2, 0) is 4.74 Å². The number of benzene rings is 1. The maximum Gasteiger partial charge on any atom is 0.410 e. The van der Waals surface area contributed by atoms with E-state index in [2.05, 4.69) is 15.3 Å². The van der Waals surface area contributed by atoms with Gasteiger partial charge in [0.25, 0.3) is 0 Å². The fourth-order valence-corrected chi connectivity index (χ4v) is 2.84. The minimum Gasteiger partial charge on any atom is -0.444 e. The SMILES string of the molecule is [B]c1ccc2nc(NC3CCN(C(=O)OC(C)(C)C)CC3)ncc2c1. The van der Waals surface area contributed by atoms with Crippen molar-refractivity contribution in [2.75, 3.05) is 18.4 Å². The number of anilines is 1. The Morgan fingerprint density at radius 3 is 2.72 bits per heavy atom. The van der Waals surface area contributed by atoms with Gasteiger partial charge in [-0.2, -0.15) is 0 Å². The molecular formula is C18H23BN4O2. The van der Waals surface area contributed by atoms with Gasteiger partial charge in [-0.25, -0.2) is 14.8 Å². The van der Waals surface area contributed by atoms with Crippen LogP contribution in [0.25, 0.3) is 10.9 Å². The molecule has 0 spiro atoms. The average Bonchev–Trinajstić information content (AvgIpc) is 2.54. The highest BCUT2D eigenvalue weighted by Gasteiger charge is 2.27. The third-order valence-corrected chi connectivity index (χ3v) is 4.08. The number of rotatable bonds is 2. The number of hydrogen-bond acceptors (Lipinski definition) is 5. The Labute approximate surface area is 149 Å². The molecule has 7 heteroatoms. The van der Waals surface area contributed by atoms with Crippen molar-refractivity contribution in [3.8, 4) is 0 Å². The number of hydrogen-bond donors (Lipinski definition) is 1. The summed E-state index contributed by atoms with van der Waals surface area (Å²) in [6.45, 7) is 6.96. The maximum absolute atomic E-state index is 12.1. The van der Waals surface area contributed by atoms with Gasteiger partial charge in [0.2, 0.25) is 5.95 Å². The number of carbonyl (C=O) groups excluding carboxylic acids is 1. The summed E-state index contributed by atoms with van der Waals surface area (Å²) >= 11 is 0. The van der Waals surface area contributed by atoms with Crippen LogP contribution in [0.2, 0.25) is 0 Å². The van der Waals surface area contributed by atoms with E-state index in [1.807, 2.05) is 39.0 Å². The van der Waals surface area contributed by atoms with E-state index in [1.54, 1.807) is 11.1 Å². The molecule has 25 heavy (non-hydrogen) atoms. The number of fused-ring (bicyclic) bond motifs is 1. The quantitative estimate of drug-likeness (QED) is 0.851. The Bertz CT molecular complexity index is 767. The number of nitrogens with one attached hydrogen (secondary N) is 1. The molecule has 0 atom stereocenters. The first-order valence-corrected chi connectivity index (χ1v) is 8.57. The molecule has 1 aromatic heterocycles. The molecule has 1 saturated heterocycles. The molecule has 1 fully saturated rings. The second kappa shape index (κ2) is 6.90. The van der Waals surface area contributed by atoms with Crippen LogP contribution in [0.15, 0.2) is 24.4 Å². The van der Waals surface area contributed by atoms with Gasteiger partial charge in [-0.05, 0) is 39.7 Å². The van der Waals surface area contributed by atoms with E-state index in [4.69, 9.17) is 12.6 Å². The van der Waals surface area contributed by atoms with E-state index in [-0.39, 0.29) is 12.1 Å². The van der Waals surface area contributed by atoms with Gasteiger partial charge >= 0.3 is 6.09 Å². The lowest BCUT2D eigenvalue weighted by Crippen LogP contribution is -2.44. The van der Waals surface area contributed by atoms with Crippen LogP contribution in [0.3, 0.4) is 0 Å². The molecule has 2 aromatic rings. The van der Waals surface area contributed by atoms with Crippen LogP contribution >= 0.6 is 0 Å². The monoisotopic (exact) mass is 338 g/mol. The number of nitrogens with zero attached hydrogens (tertiary/aromatic N) is 3. The van der Waals surface area contributed by atoms with E-state index in [9.17, 15) is 4.79 Å². The summed E-state index contributed by atoms with van der Waals surface area (Å²) in [5, 5.41) is 4.28. The number of amides is 1. The molecule has 0 unspecified atom stereocenters.